The predicted octanol–water partition coefficient (Wildman–Crippen LogP) is 3.56. The molecule has 4 aromatic rings. The van der Waals surface area contributed by atoms with E-state index in [2.05, 4.69) is 10.3 Å². The Balaban J connectivity index is 1.45. The van der Waals surface area contributed by atoms with E-state index >= 15 is 0 Å². The van der Waals surface area contributed by atoms with Crippen LogP contribution < -0.4 is 20.3 Å². The molecule has 4 rings (SSSR count). The number of nitrogens with one attached hydrogen (secondary N) is 1. The number of thiophene rings is 2. The van der Waals surface area contributed by atoms with Gasteiger partial charge in [-0.1, -0.05) is 6.07 Å². The maximum absolute atomic E-state index is 13.0. The summed E-state index contributed by atoms with van der Waals surface area (Å²) in [5, 5.41) is 7.33. The van der Waals surface area contributed by atoms with E-state index in [0.717, 1.165) is 27.5 Å². The van der Waals surface area contributed by atoms with Crippen LogP contribution in [0, 0.1) is 0 Å². The fourth-order valence-corrected chi connectivity index (χ4v) is 5.04. The van der Waals surface area contributed by atoms with Crippen molar-refractivity contribution in [3.05, 3.63) is 63.3 Å². The Hall–Kier alpha value is -3.17. The van der Waals surface area contributed by atoms with Gasteiger partial charge in [0, 0.05) is 22.4 Å². The summed E-state index contributed by atoms with van der Waals surface area (Å²) < 4.78 is 12.0. The summed E-state index contributed by atoms with van der Waals surface area (Å²) in [6.07, 6.45) is 2.01. The molecule has 1 amide bonds. The Morgan fingerprint density at radius 3 is 2.81 bits per heavy atom. The molecule has 0 unspecified atom stereocenters. The number of carbonyl (C=O) groups is 1. The number of rotatable bonds is 8. The third-order valence-electron chi connectivity index (χ3n) is 4.87. The Kier molecular flexibility index (Phi) is 6.34. The third kappa shape index (κ3) is 4.47. The molecule has 31 heavy (non-hydrogen) atoms. The van der Waals surface area contributed by atoms with Gasteiger partial charge in [0.2, 0.25) is 5.91 Å². The summed E-state index contributed by atoms with van der Waals surface area (Å²) in [4.78, 5) is 31.5. The predicted molar refractivity (Wildman–Crippen MR) is 123 cm³/mol. The average molecular weight is 456 g/mol. The molecule has 0 bridgehead atoms. The molecular weight excluding hydrogens is 434 g/mol. The summed E-state index contributed by atoms with van der Waals surface area (Å²) in [5.41, 5.74) is 1.59. The third-order valence-corrected chi connectivity index (χ3v) is 6.65. The highest BCUT2D eigenvalue weighted by atomic mass is 32.1. The minimum Gasteiger partial charge on any atom is -0.497 e. The second kappa shape index (κ2) is 9.32. The smallest absolute Gasteiger partial charge is 0.263 e. The quantitative estimate of drug-likeness (QED) is 0.439. The summed E-state index contributed by atoms with van der Waals surface area (Å²) >= 11 is 3.00. The van der Waals surface area contributed by atoms with Gasteiger partial charge in [0.05, 0.1) is 25.9 Å². The molecule has 0 atom stereocenters. The second-order valence-electron chi connectivity index (χ2n) is 6.76. The van der Waals surface area contributed by atoms with Crippen LogP contribution >= 0.6 is 22.7 Å². The number of amides is 1. The molecule has 3 heterocycles. The zero-order valence-electron chi connectivity index (χ0n) is 17.1. The lowest BCUT2D eigenvalue weighted by Gasteiger charge is -2.11. The number of nitrogens with zero attached hydrogens (tertiary/aromatic N) is 2. The van der Waals surface area contributed by atoms with Crippen molar-refractivity contribution < 1.29 is 14.3 Å². The van der Waals surface area contributed by atoms with Crippen LogP contribution in [-0.4, -0.2) is 36.2 Å². The Morgan fingerprint density at radius 2 is 2.06 bits per heavy atom. The fourth-order valence-electron chi connectivity index (χ4n) is 3.32. The molecule has 0 saturated heterocycles. The van der Waals surface area contributed by atoms with Crippen molar-refractivity contribution in [2.24, 2.45) is 0 Å². The van der Waals surface area contributed by atoms with Gasteiger partial charge in [-0.25, -0.2) is 4.98 Å². The molecule has 9 heteroatoms. The number of hydrogen-bond donors (Lipinski definition) is 1. The van der Waals surface area contributed by atoms with E-state index in [1.54, 1.807) is 25.6 Å². The van der Waals surface area contributed by atoms with Crippen LogP contribution in [0.4, 0.5) is 0 Å². The topological polar surface area (TPSA) is 82.4 Å². The van der Waals surface area contributed by atoms with Gasteiger partial charge >= 0.3 is 0 Å². The molecule has 0 radical (unpaired) electrons. The van der Waals surface area contributed by atoms with Crippen LogP contribution in [0.1, 0.15) is 5.56 Å². The van der Waals surface area contributed by atoms with E-state index in [1.807, 2.05) is 41.1 Å². The molecule has 3 aromatic heterocycles. The van der Waals surface area contributed by atoms with Gasteiger partial charge in [0.25, 0.3) is 5.56 Å². The molecule has 1 N–H and O–H groups in total. The maximum Gasteiger partial charge on any atom is 0.263 e. The second-order valence-corrected chi connectivity index (χ2v) is 8.57. The van der Waals surface area contributed by atoms with Crippen LogP contribution in [0.15, 0.2) is 52.2 Å². The SMILES string of the molecule is COc1ccc(OC)c(CCNC(=O)Cn2cnc3scc(-c4cccs4)c3c2=O)c1. The van der Waals surface area contributed by atoms with Crippen LogP contribution in [0.5, 0.6) is 11.5 Å². The summed E-state index contributed by atoms with van der Waals surface area (Å²) in [6.45, 7) is 0.322. The molecule has 0 aliphatic heterocycles. The number of ether oxygens (including phenoxy) is 2. The first kappa shape index (κ1) is 21.1. The number of carbonyl (C=O) groups excluding carboxylic acids is 1. The zero-order valence-corrected chi connectivity index (χ0v) is 18.7. The van der Waals surface area contributed by atoms with Crippen molar-refractivity contribution in [1.29, 1.82) is 0 Å². The maximum atomic E-state index is 13.0. The van der Waals surface area contributed by atoms with Crippen LogP contribution in [0.2, 0.25) is 0 Å². The molecule has 0 fully saturated rings. The Labute approximate surface area is 186 Å². The summed E-state index contributed by atoms with van der Waals surface area (Å²) in [7, 11) is 3.21. The monoisotopic (exact) mass is 455 g/mol. The minimum atomic E-state index is -0.252. The first-order valence-corrected chi connectivity index (χ1v) is 11.3. The van der Waals surface area contributed by atoms with Crippen molar-refractivity contribution in [3.8, 4) is 21.9 Å². The molecule has 0 aliphatic rings. The molecular formula is C22H21N3O4S2. The van der Waals surface area contributed by atoms with Gasteiger partial charge in [0.15, 0.2) is 0 Å². The lowest BCUT2D eigenvalue weighted by atomic mass is 10.1. The van der Waals surface area contributed by atoms with Crippen molar-refractivity contribution in [3.63, 3.8) is 0 Å². The Bertz CT molecular complexity index is 1260. The number of aromatic nitrogens is 2. The lowest BCUT2D eigenvalue weighted by molar-refractivity contribution is -0.121. The number of fused-ring (bicyclic) bond motifs is 1. The highest BCUT2D eigenvalue weighted by Gasteiger charge is 2.15. The summed E-state index contributed by atoms with van der Waals surface area (Å²) in [6, 6.07) is 9.47. The molecule has 0 aliphatic carbocycles. The normalized spacial score (nSPS) is 10.9. The van der Waals surface area contributed by atoms with Crippen molar-refractivity contribution in [2.75, 3.05) is 20.8 Å². The average Bonchev–Trinajstić information content (AvgIpc) is 3.45. The highest BCUT2D eigenvalue weighted by Crippen LogP contribution is 2.33. The van der Waals surface area contributed by atoms with Crippen molar-refractivity contribution in [2.45, 2.75) is 13.0 Å². The van der Waals surface area contributed by atoms with Crippen LogP contribution in [-0.2, 0) is 17.8 Å². The van der Waals surface area contributed by atoms with Crippen molar-refractivity contribution >= 4 is 38.8 Å². The molecule has 0 spiro atoms. The molecule has 0 saturated carbocycles. The molecule has 160 valence electrons. The first-order valence-electron chi connectivity index (χ1n) is 9.59. The number of hydrogen-bond acceptors (Lipinski definition) is 7. The zero-order chi connectivity index (χ0) is 21.8. The van der Waals surface area contributed by atoms with Gasteiger partial charge in [-0.05, 0) is 41.6 Å². The fraction of sp³-hybridized carbons (Fsp3) is 0.227. The van der Waals surface area contributed by atoms with Gasteiger partial charge in [-0.15, -0.1) is 22.7 Å². The standard InChI is InChI=1S/C22H21N3O4S2/c1-28-15-5-6-17(29-2)14(10-15)7-8-23-19(26)11-25-13-24-21-20(22(25)27)16(12-31-21)18-4-3-9-30-18/h3-6,9-10,12-13H,7-8,11H2,1-2H3,(H,23,26). The highest BCUT2D eigenvalue weighted by molar-refractivity contribution is 7.18. The Morgan fingerprint density at radius 1 is 1.19 bits per heavy atom. The van der Waals surface area contributed by atoms with Gasteiger partial charge in [-0.2, -0.15) is 0 Å². The minimum absolute atomic E-state index is 0.0866. The number of benzene rings is 1. The van der Waals surface area contributed by atoms with Gasteiger partial charge in [-0.3, -0.25) is 14.2 Å². The van der Waals surface area contributed by atoms with Gasteiger partial charge in [0.1, 0.15) is 22.9 Å². The van der Waals surface area contributed by atoms with Crippen molar-refractivity contribution in [1.82, 2.24) is 14.9 Å². The van der Waals surface area contributed by atoms with E-state index in [9.17, 15) is 9.59 Å². The van der Waals surface area contributed by atoms with E-state index in [0.29, 0.717) is 23.2 Å². The summed E-state index contributed by atoms with van der Waals surface area (Å²) in [5.74, 6) is 1.21. The van der Waals surface area contributed by atoms with E-state index in [-0.39, 0.29) is 18.0 Å². The van der Waals surface area contributed by atoms with Gasteiger partial charge < -0.3 is 14.8 Å². The first-order chi connectivity index (χ1) is 15.1. The van der Waals surface area contributed by atoms with Crippen LogP contribution in [0.25, 0.3) is 20.7 Å². The largest absolute Gasteiger partial charge is 0.497 e. The lowest BCUT2D eigenvalue weighted by Crippen LogP contribution is -2.33. The number of methoxy groups -OCH3 is 2. The molecule has 1 aromatic carbocycles. The molecule has 7 nitrogen and oxygen atoms in total. The van der Waals surface area contributed by atoms with Crippen LogP contribution in [0.3, 0.4) is 0 Å². The van der Waals surface area contributed by atoms with E-state index in [1.165, 1.54) is 22.2 Å². The van der Waals surface area contributed by atoms with E-state index in [4.69, 9.17) is 9.47 Å². The van der Waals surface area contributed by atoms with E-state index < -0.39 is 0 Å².